The average molecular weight is 357 g/mol. The molecule has 2 aromatic heterocycles. The van der Waals surface area contributed by atoms with E-state index in [1.54, 1.807) is 18.7 Å². The Balaban J connectivity index is 1.94. The Hall–Kier alpha value is -2.09. The van der Waals surface area contributed by atoms with Crippen molar-refractivity contribution in [2.24, 2.45) is 14.1 Å². The van der Waals surface area contributed by atoms with Gasteiger partial charge in [-0.05, 0) is 19.3 Å². The first-order valence-corrected chi connectivity index (χ1v) is 8.33. The third-order valence-electron chi connectivity index (χ3n) is 3.85. The zero-order chi connectivity index (χ0) is 17.7. The van der Waals surface area contributed by atoms with Crippen LogP contribution in [0, 0.1) is 0 Å². The van der Waals surface area contributed by atoms with Crippen LogP contribution in [0.2, 0.25) is 0 Å². The van der Waals surface area contributed by atoms with Gasteiger partial charge < -0.3 is 9.30 Å². The molecular weight excluding hydrogens is 336 g/mol. The first-order chi connectivity index (χ1) is 11.5. The molecule has 132 valence electrons. The lowest BCUT2D eigenvalue weighted by Gasteiger charge is -2.08. The van der Waals surface area contributed by atoms with Gasteiger partial charge in [-0.1, -0.05) is 6.42 Å². The van der Waals surface area contributed by atoms with Crippen LogP contribution in [0.4, 0.5) is 0 Å². The molecule has 0 aromatic carbocycles. The molecule has 0 N–H and O–H groups in total. The SMILES string of the molecule is Cn1cnc2c1c(=O)n(CCCCCCOC(=O)CCl)c(=O)n2C. The summed E-state index contributed by atoms with van der Waals surface area (Å²) in [6.07, 6.45) is 4.63. The third-order valence-corrected chi connectivity index (χ3v) is 4.07. The standard InChI is InChI=1S/C15H21ClN4O4/c1-18-10-17-13-12(18)14(22)20(15(23)19(13)2)7-5-3-4-6-8-24-11(21)9-16/h10H,3-9H2,1-2H3. The third kappa shape index (κ3) is 3.87. The summed E-state index contributed by atoms with van der Waals surface area (Å²) in [6, 6.07) is 0. The monoisotopic (exact) mass is 356 g/mol. The Bertz CT molecular complexity index is 836. The molecule has 24 heavy (non-hydrogen) atoms. The van der Waals surface area contributed by atoms with Gasteiger partial charge in [0.15, 0.2) is 11.2 Å². The van der Waals surface area contributed by atoms with Crippen molar-refractivity contribution < 1.29 is 9.53 Å². The number of halogens is 1. The van der Waals surface area contributed by atoms with Crippen molar-refractivity contribution in [3.63, 3.8) is 0 Å². The van der Waals surface area contributed by atoms with E-state index in [1.807, 2.05) is 0 Å². The molecule has 0 amide bonds. The van der Waals surface area contributed by atoms with E-state index in [2.05, 4.69) is 4.98 Å². The van der Waals surface area contributed by atoms with E-state index in [-0.39, 0.29) is 17.1 Å². The first-order valence-electron chi connectivity index (χ1n) is 7.79. The van der Waals surface area contributed by atoms with Gasteiger partial charge >= 0.3 is 11.7 Å². The second-order valence-electron chi connectivity index (χ2n) is 5.59. The fourth-order valence-corrected chi connectivity index (χ4v) is 2.62. The Morgan fingerprint density at radius 1 is 1.21 bits per heavy atom. The molecule has 0 aliphatic carbocycles. The van der Waals surface area contributed by atoms with Crippen molar-refractivity contribution in [3.05, 3.63) is 27.2 Å². The van der Waals surface area contributed by atoms with E-state index in [0.717, 1.165) is 19.3 Å². The summed E-state index contributed by atoms with van der Waals surface area (Å²) < 4.78 is 9.14. The van der Waals surface area contributed by atoms with E-state index in [0.29, 0.717) is 30.7 Å². The maximum Gasteiger partial charge on any atom is 0.332 e. The number of esters is 1. The van der Waals surface area contributed by atoms with Gasteiger partial charge in [-0.2, -0.15) is 0 Å². The van der Waals surface area contributed by atoms with E-state index in [9.17, 15) is 14.4 Å². The molecule has 0 aliphatic rings. The minimum absolute atomic E-state index is 0.136. The number of aryl methyl sites for hydroxylation is 2. The van der Waals surface area contributed by atoms with E-state index < -0.39 is 5.97 Å². The van der Waals surface area contributed by atoms with Gasteiger partial charge in [0.1, 0.15) is 5.88 Å². The number of hydrogen-bond acceptors (Lipinski definition) is 5. The van der Waals surface area contributed by atoms with Crippen molar-refractivity contribution in [3.8, 4) is 0 Å². The van der Waals surface area contributed by atoms with Gasteiger partial charge in [0.05, 0.1) is 12.9 Å². The summed E-state index contributed by atoms with van der Waals surface area (Å²) in [5.41, 5.74) is 0.140. The van der Waals surface area contributed by atoms with Crippen LogP contribution in [-0.4, -0.2) is 37.1 Å². The van der Waals surface area contributed by atoms with E-state index in [1.165, 1.54) is 15.5 Å². The summed E-state index contributed by atoms with van der Waals surface area (Å²) in [7, 11) is 3.34. The largest absolute Gasteiger partial charge is 0.465 e. The second kappa shape index (κ2) is 8.14. The van der Waals surface area contributed by atoms with Crippen molar-refractivity contribution >= 4 is 28.7 Å². The molecule has 0 radical (unpaired) electrons. The molecule has 0 atom stereocenters. The van der Waals surface area contributed by atoms with Crippen LogP contribution < -0.4 is 11.2 Å². The fraction of sp³-hybridized carbons (Fsp3) is 0.600. The predicted octanol–water partition coefficient (Wildman–Crippen LogP) is 0.776. The molecule has 0 saturated carbocycles. The molecule has 2 aromatic rings. The minimum Gasteiger partial charge on any atom is -0.465 e. The second-order valence-corrected chi connectivity index (χ2v) is 5.86. The molecule has 0 fully saturated rings. The molecule has 2 rings (SSSR count). The van der Waals surface area contributed by atoms with E-state index >= 15 is 0 Å². The Kier molecular flexibility index (Phi) is 6.19. The number of carbonyl (C=O) groups is 1. The molecule has 8 nitrogen and oxygen atoms in total. The summed E-state index contributed by atoms with van der Waals surface area (Å²) in [5, 5.41) is 0. The highest BCUT2D eigenvalue weighted by Gasteiger charge is 2.14. The molecule has 0 aliphatic heterocycles. The highest BCUT2D eigenvalue weighted by Crippen LogP contribution is 2.05. The van der Waals surface area contributed by atoms with Crippen LogP contribution in [-0.2, 0) is 30.2 Å². The number of ether oxygens (including phenoxy) is 1. The smallest absolute Gasteiger partial charge is 0.332 e. The summed E-state index contributed by atoms with van der Waals surface area (Å²) in [6.45, 7) is 0.697. The summed E-state index contributed by atoms with van der Waals surface area (Å²) >= 11 is 5.32. The Morgan fingerprint density at radius 2 is 1.92 bits per heavy atom. The normalized spacial score (nSPS) is 11.1. The van der Waals surface area contributed by atoms with Crippen molar-refractivity contribution in [1.82, 2.24) is 18.7 Å². The van der Waals surface area contributed by atoms with Crippen LogP contribution >= 0.6 is 11.6 Å². The van der Waals surface area contributed by atoms with Crippen LogP contribution in [0.5, 0.6) is 0 Å². The Labute approximate surface area is 143 Å². The van der Waals surface area contributed by atoms with E-state index in [4.69, 9.17) is 16.3 Å². The fourth-order valence-electron chi connectivity index (χ4n) is 2.54. The van der Waals surface area contributed by atoms with Gasteiger partial charge in [-0.15, -0.1) is 11.6 Å². The van der Waals surface area contributed by atoms with Gasteiger partial charge in [0.2, 0.25) is 0 Å². The number of carbonyl (C=O) groups excluding carboxylic acids is 1. The number of nitrogens with zero attached hydrogens (tertiary/aromatic N) is 4. The molecule has 2 heterocycles. The Morgan fingerprint density at radius 3 is 2.62 bits per heavy atom. The molecule has 9 heteroatoms. The number of fused-ring (bicyclic) bond motifs is 1. The summed E-state index contributed by atoms with van der Waals surface area (Å²) in [5.74, 6) is -0.556. The molecule has 0 unspecified atom stereocenters. The van der Waals surface area contributed by atoms with Gasteiger partial charge in [0.25, 0.3) is 5.56 Å². The topological polar surface area (TPSA) is 88.1 Å². The van der Waals surface area contributed by atoms with Crippen LogP contribution in [0.1, 0.15) is 25.7 Å². The van der Waals surface area contributed by atoms with Crippen molar-refractivity contribution in [1.29, 1.82) is 0 Å². The van der Waals surface area contributed by atoms with Crippen LogP contribution in [0.3, 0.4) is 0 Å². The lowest BCUT2D eigenvalue weighted by Crippen LogP contribution is -2.39. The summed E-state index contributed by atoms with van der Waals surface area (Å²) in [4.78, 5) is 39.7. The predicted molar refractivity (Wildman–Crippen MR) is 90.4 cm³/mol. The minimum atomic E-state index is -0.420. The number of hydrogen-bond donors (Lipinski definition) is 0. The average Bonchev–Trinajstić information content (AvgIpc) is 2.96. The highest BCUT2D eigenvalue weighted by atomic mass is 35.5. The van der Waals surface area contributed by atoms with Crippen molar-refractivity contribution in [2.75, 3.05) is 12.5 Å². The van der Waals surface area contributed by atoms with Gasteiger partial charge in [-0.3, -0.25) is 18.7 Å². The number of rotatable bonds is 8. The van der Waals surface area contributed by atoms with Gasteiger partial charge in [0, 0.05) is 20.6 Å². The molecule has 0 spiro atoms. The van der Waals surface area contributed by atoms with Crippen molar-refractivity contribution in [2.45, 2.75) is 32.2 Å². The zero-order valence-corrected chi connectivity index (χ0v) is 14.6. The van der Waals surface area contributed by atoms with Gasteiger partial charge in [-0.25, -0.2) is 9.78 Å². The molecule has 0 bridgehead atoms. The number of alkyl halides is 1. The molecular formula is C15H21ClN4O4. The quantitative estimate of drug-likeness (QED) is 0.396. The maximum absolute atomic E-state index is 12.5. The highest BCUT2D eigenvalue weighted by molar-refractivity contribution is 6.26. The maximum atomic E-state index is 12.5. The number of imidazole rings is 1. The van der Waals surface area contributed by atoms with Crippen LogP contribution in [0.25, 0.3) is 11.2 Å². The first kappa shape index (κ1) is 18.3. The zero-order valence-electron chi connectivity index (χ0n) is 13.8. The van der Waals surface area contributed by atoms with Crippen LogP contribution in [0.15, 0.2) is 15.9 Å². The lowest BCUT2D eigenvalue weighted by molar-refractivity contribution is -0.140. The molecule has 0 saturated heterocycles. The number of unbranched alkanes of at least 4 members (excludes halogenated alkanes) is 3. The lowest BCUT2D eigenvalue weighted by atomic mass is 10.2. The number of aromatic nitrogens is 4.